The molecule has 0 bridgehead atoms. The number of carbonyl (C=O) groups is 1. The van der Waals surface area contributed by atoms with Crippen LogP contribution in [0.2, 0.25) is 0 Å². The number of unbranched alkanes of at least 4 members (excludes halogenated alkanes) is 24. The Morgan fingerprint density at radius 2 is 0.943 bits per heavy atom. The number of ether oxygens (including phenoxy) is 4. The second-order valence-electron chi connectivity index (χ2n) is 19.7. The number of amides is 1. The molecule has 70 heavy (non-hydrogen) atoms. The smallest absolute Gasteiger partial charge is 0.220 e. The first-order valence-corrected chi connectivity index (χ1v) is 27.9. The highest BCUT2D eigenvalue weighted by atomic mass is 16.7. The zero-order valence-corrected chi connectivity index (χ0v) is 43.5. The van der Waals surface area contributed by atoms with E-state index < -0.39 is 86.8 Å². The number of aliphatic hydroxyl groups is 8. The fraction of sp³-hybridized carbons (Fsp3) is 0.839. The zero-order valence-electron chi connectivity index (χ0n) is 43.5. The summed E-state index contributed by atoms with van der Waals surface area (Å²) in [6, 6.07) is -0.919. The van der Waals surface area contributed by atoms with Gasteiger partial charge in [0.25, 0.3) is 0 Å². The van der Waals surface area contributed by atoms with Gasteiger partial charge < -0.3 is 65.1 Å². The quantitative estimate of drug-likeness (QED) is 0.0207. The van der Waals surface area contributed by atoms with Gasteiger partial charge in [-0.2, -0.15) is 0 Å². The molecule has 0 aromatic carbocycles. The van der Waals surface area contributed by atoms with Crippen molar-refractivity contribution < 1.29 is 64.6 Å². The van der Waals surface area contributed by atoms with E-state index in [1.54, 1.807) is 6.08 Å². The van der Waals surface area contributed by atoms with Crippen LogP contribution in [0.5, 0.6) is 0 Å². The molecule has 2 fully saturated rings. The molecular formula is C56H101NO13. The normalized spacial score (nSPS) is 26.3. The molecule has 0 aliphatic carbocycles. The average molecular weight is 996 g/mol. The van der Waals surface area contributed by atoms with Crippen LogP contribution in [0, 0.1) is 0 Å². The lowest BCUT2D eigenvalue weighted by atomic mass is 9.97. The molecule has 14 heteroatoms. The fourth-order valence-corrected chi connectivity index (χ4v) is 8.94. The van der Waals surface area contributed by atoms with Crippen LogP contribution in [0.15, 0.2) is 48.6 Å². The van der Waals surface area contributed by atoms with Crippen molar-refractivity contribution in [2.45, 2.75) is 280 Å². The minimum atomic E-state index is -1.79. The van der Waals surface area contributed by atoms with Gasteiger partial charge in [-0.05, 0) is 57.8 Å². The number of aliphatic hydroxyl groups excluding tert-OH is 8. The average Bonchev–Trinajstić information content (AvgIpc) is 3.36. The van der Waals surface area contributed by atoms with E-state index in [9.17, 15) is 45.6 Å². The van der Waals surface area contributed by atoms with Gasteiger partial charge in [0.05, 0.1) is 32.0 Å². The molecule has 9 N–H and O–H groups in total. The fourth-order valence-electron chi connectivity index (χ4n) is 8.94. The van der Waals surface area contributed by atoms with E-state index in [0.29, 0.717) is 6.42 Å². The molecule has 12 atom stereocenters. The van der Waals surface area contributed by atoms with Crippen LogP contribution in [-0.2, 0) is 23.7 Å². The maximum absolute atomic E-state index is 13.2. The van der Waals surface area contributed by atoms with Gasteiger partial charge in [0.1, 0.15) is 48.8 Å². The van der Waals surface area contributed by atoms with E-state index >= 15 is 0 Å². The van der Waals surface area contributed by atoms with Gasteiger partial charge in [-0.25, -0.2) is 0 Å². The molecule has 1 amide bonds. The third-order valence-electron chi connectivity index (χ3n) is 13.5. The van der Waals surface area contributed by atoms with Crippen molar-refractivity contribution in [3.63, 3.8) is 0 Å². The molecule has 0 spiro atoms. The maximum atomic E-state index is 13.2. The minimum absolute atomic E-state index is 0.248. The molecule has 2 aliphatic heterocycles. The van der Waals surface area contributed by atoms with Gasteiger partial charge in [-0.15, -0.1) is 0 Å². The Kier molecular flexibility index (Phi) is 38.7. The van der Waals surface area contributed by atoms with Crippen molar-refractivity contribution in [3.05, 3.63) is 48.6 Å². The van der Waals surface area contributed by atoms with Gasteiger partial charge in [-0.3, -0.25) is 4.79 Å². The van der Waals surface area contributed by atoms with Crippen LogP contribution < -0.4 is 5.32 Å². The summed E-state index contributed by atoms with van der Waals surface area (Å²) in [6.07, 6.45) is 34.3. The van der Waals surface area contributed by atoms with E-state index in [1.807, 2.05) is 6.08 Å². The highest BCUT2D eigenvalue weighted by molar-refractivity contribution is 5.76. The summed E-state index contributed by atoms with van der Waals surface area (Å²) >= 11 is 0. The number of nitrogens with one attached hydrogen (secondary N) is 1. The van der Waals surface area contributed by atoms with Crippen molar-refractivity contribution in [3.8, 4) is 0 Å². The summed E-state index contributed by atoms with van der Waals surface area (Å²) in [7, 11) is 0. The Bertz CT molecular complexity index is 1360. The summed E-state index contributed by atoms with van der Waals surface area (Å²) in [5.74, 6) is -0.248. The lowest BCUT2D eigenvalue weighted by Crippen LogP contribution is -2.65. The van der Waals surface area contributed by atoms with Gasteiger partial charge >= 0.3 is 0 Å². The van der Waals surface area contributed by atoms with Crippen LogP contribution in [0.3, 0.4) is 0 Å². The van der Waals surface area contributed by atoms with E-state index in [4.69, 9.17) is 18.9 Å². The molecule has 0 saturated carbocycles. The van der Waals surface area contributed by atoms with E-state index in [-0.39, 0.29) is 18.9 Å². The predicted octanol–water partition coefficient (Wildman–Crippen LogP) is 8.44. The summed E-state index contributed by atoms with van der Waals surface area (Å²) in [5.41, 5.74) is 0. The topological polar surface area (TPSA) is 228 Å². The van der Waals surface area contributed by atoms with Gasteiger partial charge in [0.15, 0.2) is 12.6 Å². The monoisotopic (exact) mass is 996 g/mol. The standard InChI is InChI=1S/C56H101NO13/c1-3-5-7-9-11-13-15-17-18-19-20-21-22-23-24-25-26-28-30-32-34-36-38-40-48(61)57-44(45(60)39-37-35-33-31-29-27-16-14-12-10-8-6-4-2)43-67-55-53(66)51(64)54(47(42-59)69-55)70-56-52(65)50(63)49(62)46(41-58)68-56/h15,17,19-20,22-23,37,39,44-47,49-56,58-60,62-66H,3-14,16,18,21,24-36,38,40-43H2,1-2H3,(H,57,61)/b17-15-,20-19-,23-22-,39-37+. The van der Waals surface area contributed by atoms with Crippen LogP contribution in [0.1, 0.15) is 206 Å². The molecule has 12 unspecified atom stereocenters. The second kappa shape index (κ2) is 42.3. The molecule has 0 radical (unpaired) electrons. The van der Waals surface area contributed by atoms with Crippen LogP contribution in [-0.4, -0.2) is 140 Å². The molecular weight excluding hydrogens is 895 g/mol. The first kappa shape index (κ1) is 64.1. The first-order valence-electron chi connectivity index (χ1n) is 27.9. The van der Waals surface area contributed by atoms with Crippen molar-refractivity contribution >= 4 is 5.91 Å². The maximum Gasteiger partial charge on any atom is 0.220 e. The highest BCUT2D eigenvalue weighted by Crippen LogP contribution is 2.30. The molecule has 14 nitrogen and oxygen atoms in total. The van der Waals surface area contributed by atoms with E-state index in [1.165, 1.54) is 122 Å². The van der Waals surface area contributed by atoms with Crippen LogP contribution in [0.4, 0.5) is 0 Å². The summed E-state index contributed by atoms with van der Waals surface area (Å²) < 4.78 is 22.7. The number of allylic oxidation sites excluding steroid dienone is 7. The first-order chi connectivity index (χ1) is 34.1. The molecule has 0 aromatic rings. The molecule has 2 heterocycles. The molecule has 0 aromatic heterocycles. The Hall–Kier alpha value is -2.05. The van der Waals surface area contributed by atoms with Crippen molar-refractivity contribution in [2.75, 3.05) is 19.8 Å². The van der Waals surface area contributed by atoms with Crippen LogP contribution >= 0.6 is 0 Å². The second-order valence-corrected chi connectivity index (χ2v) is 19.7. The van der Waals surface area contributed by atoms with Crippen LogP contribution in [0.25, 0.3) is 0 Å². The summed E-state index contributed by atoms with van der Waals surface area (Å²) in [4.78, 5) is 13.2. The number of hydrogen-bond donors (Lipinski definition) is 9. The number of rotatable bonds is 43. The zero-order chi connectivity index (χ0) is 51.0. The van der Waals surface area contributed by atoms with E-state index in [0.717, 1.165) is 57.8 Å². The van der Waals surface area contributed by atoms with Crippen molar-refractivity contribution in [1.82, 2.24) is 5.32 Å². The molecule has 2 saturated heterocycles. The summed E-state index contributed by atoms with van der Waals surface area (Å²) in [5, 5.41) is 86.9. The lowest BCUT2D eigenvalue weighted by Gasteiger charge is -2.46. The number of hydrogen-bond acceptors (Lipinski definition) is 13. The third-order valence-corrected chi connectivity index (χ3v) is 13.5. The molecule has 408 valence electrons. The molecule has 2 rings (SSSR count). The van der Waals surface area contributed by atoms with Gasteiger partial charge in [-0.1, -0.05) is 191 Å². The summed E-state index contributed by atoms with van der Waals surface area (Å²) in [6.45, 7) is 2.76. The molecule has 2 aliphatic rings. The van der Waals surface area contributed by atoms with E-state index in [2.05, 4.69) is 55.6 Å². The Balaban J connectivity index is 1.78. The minimum Gasteiger partial charge on any atom is -0.394 e. The SMILES string of the molecule is CCCCCCC/C=C\C/C=C\C/C=C\CCCCCCCCCCC(=O)NC(COC1OC(CO)C(OC2OC(CO)C(O)C(O)C2O)C(O)C1O)C(O)/C=C/CCCCCCCCCCCCC. The predicted molar refractivity (Wildman–Crippen MR) is 277 cm³/mol. The Morgan fingerprint density at radius 1 is 0.514 bits per heavy atom. The Labute approximate surface area is 423 Å². The Morgan fingerprint density at radius 3 is 1.44 bits per heavy atom. The van der Waals surface area contributed by atoms with Gasteiger partial charge in [0, 0.05) is 6.42 Å². The van der Waals surface area contributed by atoms with Gasteiger partial charge in [0.2, 0.25) is 5.91 Å². The number of carbonyl (C=O) groups excluding carboxylic acids is 1. The van der Waals surface area contributed by atoms with Crippen molar-refractivity contribution in [1.29, 1.82) is 0 Å². The third kappa shape index (κ3) is 28.4. The van der Waals surface area contributed by atoms with Crippen molar-refractivity contribution in [2.24, 2.45) is 0 Å². The largest absolute Gasteiger partial charge is 0.394 e. The highest BCUT2D eigenvalue weighted by Gasteiger charge is 2.51. The lowest BCUT2D eigenvalue weighted by molar-refractivity contribution is -0.359.